The minimum Gasteiger partial charge on any atom is -0.467 e. The van der Waals surface area contributed by atoms with Crippen molar-refractivity contribution < 1.29 is 42.5 Å². The van der Waals surface area contributed by atoms with Crippen molar-refractivity contribution in [2.45, 2.75) is 108 Å². The van der Waals surface area contributed by atoms with Gasteiger partial charge in [-0.3, -0.25) is 0 Å². The van der Waals surface area contributed by atoms with Crippen LogP contribution < -0.4 is 0 Å². The van der Waals surface area contributed by atoms with Crippen LogP contribution in [0, 0.1) is 5.92 Å². The van der Waals surface area contributed by atoms with Crippen molar-refractivity contribution in [2.75, 3.05) is 21.3 Å². The van der Waals surface area contributed by atoms with Gasteiger partial charge in [-0.15, -0.1) is 0 Å². The lowest BCUT2D eigenvalue weighted by Crippen LogP contribution is -2.75. The summed E-state index contributed by atoms with van der Waals surface area (Å²) in [5, 5.41) is 0. The van der Waals surface area contributed by atoms with Gasteiger partial charge in [0, 0.05) is 12.8 Å². The molecule has 234 valence electrons. The van der Waals surface area contributed by atoms with Gasteiger partial charge >= 0.3 is 17.9 Å². The third kappa shape index (κ3) is 6.22. The van der Waals surface area contributed by atoms with E-state index in [4.69, 9.17) is 28.1 Å². The summed E-state index contributed by atoms with van der Waals surface area (Å²) in [6.07, 6.45) is 2.76. The van der Waals surface area contributed by atoms with Crippen LogP contribution in [0.5, 0.6) is 0 Å². The van der Waals surface area contributed by atoms with Gasteiger partial charge in [0.05, 0.1) is 21.3 Å². The first kappa shape index (κ1) is 34.0. The van der Waals surface area contributed by atoms with Gasteiger partial charge in [-0.2, -0.15) is 0 Å². The summed E-state index contributed by atoms with van der Waals surface area (Å²) in [6, 6.07) is 12.4. The van der Waals surface area contributed by atoms with Gasteiger partial charge in [-0.1, -0.05) is 69.7 Å². The van der Waals surface area contributed by atoms with Crippen LogP contribution in [0.2, 0.25) is 18.1 Å². The molecule has 0 aromatic heterocycles. The predicted octanol–water partition coefficient (Wildman–Crippen LogP) is 5.52. The minimum atomic E-state index is -2.59. The summed E-state index contributed by atoms with van der Waals surface area (Å²) in [4.78, 5) is 41.0. The monoisotopic (exact) mass is 604 g/mol. The zero-order chi connectivity index (χ0) is 31.2. The highest BCUT2D eigenvalue weighted by Crippen LogP contribution is 2.58. The Balaban J connectivity index is 2.02. The molecule has 0 radical (unpaired) electrons. The van der Waals surface area contributed by atoms with E-state index in [0.29, 0.717) is 36.9 Å². The lowest BCUT2D eigenvalue weighted by molar-refractivity contribution is -0.269. The highest BCUT2D eigenvalue weighted by Gasteiger charge is 2.81. The zero-order valence-electron chi connectivity index (χ0n) is 26.4. The van der Waals surface area contributed by atoms with Crippen molar-refractivity contribution >= 4 is 26.2 Å². The van der Waals surface area contributed by atoms with Crippen molar-refractivity contribution in [1.82, 2.24) is 0 Å². The Hall–Kier alpha value is -2.53. The molecule has 2 aliphatic rings. The van der Waals surface area contributed by atoms with Crippen LogP contribution in [0.15, 0.2) is 42.0 Å². The molecule has 0 saturated carbocycles. The molecule has 3 rings (SSSR count). The number of methoxy groups -OCH3 is 3. The second kappa shape index (κ2) is 13.8. The fraction of sp³-hybridized carbons (Fsp3) is 0.656. The van der Waals surface area contributed by atoms with Crippen LogP contribution >= 0.6 is 0 Å². The van der Waals surface area contributed by atoms with E-state index in [9.17, 15) is 14.4 Å². The minimum absolute atomic E-state index is 0.0597. The molecule has 2 heterocycles. The Kier molecular flexibility index (Phi) is 11.2. The van der Waals surface area contributed by atoms with Crippen LogP contribution in [-0.4, -0.2) is 70.6 Å². The molecule has 2 aliphatic heterocycles. The van der Waals surface area contributed by atoms with Crippen LogP contribution in [0.4, 0.5) is 0 Å². The molecule has 42 heavy (non-hydrogen) atoms. The van der Waals surface area contributed by atoms with Crippen molar-refractivity contribution in [2.24, 2.45) is 5.92 Å². The summed E-state index contributed by atoms with van der Waals surface area (Å²) < 4.78 is 35.5. The number of carbonyl (C=O) groups excluding carboxylic acids is 3. The maximum atomic E-state index is 13.8. The van der Waals surface area contributed by atoms with Crippen LogP contribution in [0.3, 0.4) is 0 Å². The van der Waals surface area contributed by atoms with E-state index >= 15 is 0 Å². The number of ether oxygens (including phenoxy) is 5. The van der Waals surface area contributed by atoms with Gasteiger partial charge in [-0.25, -0.2) is 14.4 Å². The summed E-state index contributed by atoms with van der Waals surface area (Å²) in [5.41, 5.74) is -1.80. The number of esters is 3. The third-order valence-corrected chi connectivity index (χ3v) is 13.8. The molecule has 2 bridgehead atoms. The fourth-order valence-corrected chi connectivity index (χ4v) is 9.58. The molecule has 10 heteroatoms. The lowest BCUT2D eigenvalue weighted by atomic mass is 9.73. The third-order valence-electron chi connectivity index (χ3n) is 9.12. The van der Waals surface area contributed by atoms with Gasteiger partial charge in [-0.05, 0) is 55.8 Å². The summed E-state index contributed by atoms with van der Waals surface area (Å²) in [6.45, 7) is 10.3. The molecule has 4 unspecified atom stereocenters. The van der Waals surface area contributed by atoms with Crippen LogP contribution in [0.25, 0.3) is 0 Å². The van der Waals surface area contributed by atoms with Crippen molar-refractivity contribution in [3.05, 3.63) is 47.5 Å². The van der Waals surface area contributed by atoms with E-state index in [0.717, 1.165) is 12.0 Å². The number of rotatable bonds is 14. The number of hydrogen-bond acceptors (Lipinski definition) is 9. The lowest BCUT2D eigenvalue weighted by Gasteiger charge is -2.51. The zero-order valence-corrected chi connectivity index (χ0v) is 27.4. The molecular formula is C32H48O9Si. The molecule has 2 saturated heterocycles. The Morgan fingerprint density at radius 2 is 1.60 bits per heavy atom. The van der Waals surface area contributed by atoms with E-state index in [-0.39, 0.29) is 12.8 Å². The first-order valence-corrected chi connectivity index (χ1v) is 17.5. The number of benzene rings is 1. The molecule has 0 N–H and O–H groups in total. The Morgan fingerprint density at radius 1 is 0.976 bits per heavy atom. The molecular weight excluding hydrogens is 556 g/mol. The largest absolute Gasteiger partial charge is 0.467 e. The van der Waals surface area contributed by atoms with Crippen molar-refractivity contribution in [1.29, 1.82) is 0 Å². The first-order chi connectivity index (χ1) is 20.0. The van der Waals surface area contributed by atoms with E-state index in [1.165, 1.54) is 26.9 Å². The molecule has 0 spiro atoms. The molecule has 2 fully saturated rings. The maximum absolute atomic E-state index is 13.8. The topological polar surface area (TPSA) is 107 Å². The molecule has 1 aromatic rings. The Bertz CT molecular complexity index is 1130. The summed E-state index contributed by atoms with van der Waals surface area (Å²) in [5.74, 6) is -3.60. The van der Waals surface area contributed by atoms with Gasteiger partial charge in [0.2, 0.25) is 11.7 Å². The van der Waals surface area contributed by atoms with Crippen molar-refractivity contribution in [3.8, 4) is 0 Å². The quantitative estimate of drug-likeness (QED) is 0.117. The first-order valence-electron chi connectivity index (χ1n) is 15.0. The second-order valence-corrected chi connectivity index (χ2v) is 16.3. The second-order valence-electron chi connectivity index (χ2n) is 11.6. The number of carbonyl (C=O) groups is 3. The predicted molar refractivity (Wildman–Crippen MR) is 160 cm³/mol. The van der Waals surface area contributed by atoms with Gasteiger partial charge in [0.1, 0.15) is 0 Å². The number of allylic oxidation sites excluding steroid dienone is 2. The SMILES string of the molecule is CC[Si](CC)(CC)OC1(C(=O)OC)CCC2(CC/C(C)=C/[C@H](C)Cc3ccccc3)OC(C(=O)OC)C1(C(=O)OC)O2. The normalized spacial score (nSPS) is 28.2. The van der Waals surface area contributed by atoms with Crippen LogP contribution in [0.1, 0.15) is 65.9 Å². The smallest absolute Gasteiger partial charge is 0.345 e. The van der Waals surface area contributed by atoms with E-state index in [2.05, 4.69) is 25.1 Å². The Labute approximate surface area is 251 Å². The Morgan fingerprint density at radius 3 is 2.14 bits per heavy atom. The fourth-order valence-electron chi connectivity index (χ4n) is 6.57. The van der Waals surface area contributed by atoms with E-state index in [1.807, 2.05) is 45.9 Å². The van der Waals surface area contributed by atoms with E-state index < -0.39 is 49.3 Å². The van der Waals surface area contributed by atoms with Crippen LogP contribution in [-0.2, 0) is 48.9 Å². The number of hydrogen-bond donors (Lipinski definition) is 0. The standard InChI is InChI=1S/C32H48O9Si/c1-9-42(10-2,11-3)41-31(28(34)37-7)20-19-30(39-26(27(33)36-6)32(31,40-30)29(35)38-8)18-17-23(4)21-24(5)22-25-15-13-12-14-16-25/h12-16,21,24,26H,9-11,17-20,22H2,1-8H3/b23-21+/t24-,26?,30?,31?,32?/m0/s1. The summed E-state index contributed by atoms with van der Waals surface area (Å²) >= 11 is 0. The average molecular weight is 605 g/mol. The van der Waals surface area contributed by atoms with E-state index in [1.54, 1.807) is 0 Å². The molecule has 5 atom stereocenters. The summed E-state index contributed by atoms with van der Waals surface area (Å²) in [7, 11) is 1.04. The maximum Gasteiger partial charge on any atom is 0.345 e. The molecule has 9 nitrogen and oxygen atoms in total. The molecule has 0 aliphatic carbocycles. The molecule has 0 amide bonds. The molecule has 1 aromatic carbocycles. The van der Waals surface area contributed by atoms with Crippen molar-refractivity contribution in [3.63, 3.8) is 0 Å². The average Bonchev–Trinajstić information content (AvgIpc) is 3.31. The highest BCUT2D eigenvalue weighted by molar-refractivity contribution is 6.73. The highest BCUT2D eigenvalue weighted by atomic mass is 28.4. The van der Waals surface area contributed by atoms with Gasteiger partial charge < -0.3 is 28.1 Å². The number of fused-ring (bicyclic) bond motifs is 2. The van der Waals surface area contributed by atoms with Gasteiger partial charge in [0.15, 0.2) is 19.7 Å². The van der Waals surface area contributed by atoms with Gasteiger partial charge in [0.25, 0.3) is 0 Å².